The van der Waals surface area contributed by atoms with Gasteiger partial charge in [0.2, 0.25) is 10.0 Å². The minimum atomic E-state index is -3.80. The van der Waals surface area contributed by atoms with E-state index < -0.39 is 22.1 Å². The summed E-state index contributed by atoms with van der Waals surface area (Å²) in [6.45, 7) is -0.113. The van der Waals surface area contributed by atoms with Crippen molar-refractivity contribution in [3.63, 3.8) is 0 Å². The molecule has 0 saturated heterocycles. The lowest BCUT2D eigenvalue weighted by molar-refractivity contribution is 0.0554. The molecule has 108 valence electrons. The number of hydrogen-bond donors (Lipinski definition) is 2. The fraction of sp³-hybridized carbons (Fsp3) is 0.500. The first kappa shape index (κ1) is 16.1. The number of sulfonamides is 1. The van der Waals surface area contributed by atoms with Crippen LogP contribution in [0.2, 0.25) is 0 Å². The fourth-order valence-electron chi connectivity index (χ4n) is 1.39. The predicted octanol–water partition coefficient (Wildman–Crippen LogP) is 0.0741. The highest BCUT2D eigenvalue weighted by atomic mass is 32.2. The van der Waals surface area contributed by atoms with Crippen LogP contribution in [0.25, 0.3) is 0 Å². The van der Waals surface area contributed by atoms with E-state index in [0.717, 1.165) is 21.7 Å². The second-order valence-electron chi connectivity index (χ2n) is 3.85. The molecule has 2 N–H and O–H groups in total. The van der Waals surface area contributed by atoms with E-state index in [1.807, 2.05) is 0 Å². The first-order valence-corrected chi connectivity index (χ1v) is 7.56. The molecule has 1 unspecified atom stereocenters. The normalized spacial score (nSPS) is 13.7. The molecule has 7 nitrogen and oxygen atoms in total. The second-order valence-corrected chi connectivity index (χ2v) is 6.80. The largest absolute Gasteiger partial charge is 0.477 e. The Labute approximate surface area is 115 Å². The number of carbonyl (C=O) groups is 1. The molecule has 0 amide bonds. The van der Waals surface area contributed by atoms with Gasteiger partial charge in [-0.25, -0.2) is 13.2 Å². The molecule has 0 spiro atoms. The molecule has 0 fully saturated rings. The number of aliphatic hydroxyl groups excluding tert-OH is 1. The van der Waals surface area contributed by atoms with Gasteiger partial charge in [-0.15, -0.1) is 11.3 Å². The van der Waals surface area contributed by atoms with Crippen molar-refractivity contribution in [3.8, 4) is 0 Å². The topological polar surface area (TPSA) is 104 Å². The smallest absolute Gasteiger partial charge is 0.345 e. The molecule has 1 aromatic rings. The van der Waals surface area contributed by atoms with E-state index in [9.17, 15) is 18.3 Å². The summed E-state index contributed by atoms with van der Waals surface area (Å²) in [6, 6.07) is 1.10. The van der Waals surface area contributed by atoms with Gasteiger partial charge in [0.15, 0.2) is 0 Å². The molecule has 0 aromatic carbocycles. The molecular formula is C10H15NO6S2. The van der Waals surface area contributed by atoms with Gasteiger partial charge in [-0.05, 0) is 6.07 Å². The quantitative estimate of drug-likeness (QED) is 0.739. The maximum Gasteiger partial charge on any atom is 0.345 e. The summed E-state index contributed by atoms with van der Waals surface area (Å²) in [4.78, 5) is 10.6. The first-order chi connectivity index (χ1) is 8.78. The lowest BCUT2D eigenvalue weighted by Gasteiger charge is -2.19. The Kier molecular flexibility index (Phi) is 5.44. The number of carboxylic acid groups (broad SMARTS) is 1. The Bertz CT molecular complexity index is 538. The number of aromatic carboxylic acids is 1. The Morgan fingerprint density at radius 3 is 2.68 bits per heavy atom. The highest BCUT2D eigenvalue weighted by Crippen LogP contribution is 2.22. The minimum Gasteiger partial charge on any atom is -0.477 e. The maximum atomic E-state index is 12.1. The number of rotatable bonds is 7. The standard InChI is InChI=1S/C10H15NO6S2/c1-11(4-7(12)5-17-2)19(15,16)8-3-9(10(13)14)18-6-8/h3,6-7,12H,4-5H2,1-2H3,(H,13,14). The van der Waals surface area contributed by atoms with Crippen LogP contribution in [0, 0.1) is 0 Å². The second kappa shape index (κ2) is 6.44. The number of thiophene rings is 1. The van der Waals surface area contributed by atoms with Gasteiger partial charge in [-0.3, -0.25) is 0 Å². The molecule has 0 bridgehead atoms. The van der Waals surface area contributed by atoms with Crippen molar-refractivity contribution < 1.29 is 28.2 Å². The average Bonchev–Trinajstić information content (AvgIpc) is 2.78. The summed E-state index contributed by atoms with van der Waals surface area (Å²) in [5, 5.41) is 19.5. The number of carboxylic acids is 1. The summed E-state index contributed by atoms with van der Waals surface area (Å²) in [5.74, 6) is -1.17. The van der Waals surface area contributed by atoms with Gasteiger partial charge in [0.1, 0.15) is 4.88 Å². The van der Waals surface area contributed by atoms with Gasteiger partial charge in [-0.1, -0.05) is 0 Å². The number of likely N-dealkylation sites (N-methyl/N-ethyl adjacent to an activating group) is 1. The number of nitrogens with zero attached hydrogens (tertiary/aromatic N) is 1. The van der Waals surface area contributed by atoms with Gasteiger partial charge < -0.3 is 14.9 Å². The van der Waals surface area contributed by atoms with Gasteiger partial charge in [0.05, 0.1) is 17.6 Å². The van der Waals surface area contributed by atoms with E-state index in [4.69, 9.17) is 9.84 Å². The molecule has 1 atom stereocenters. The van der Waals surface area contributed by atoms with E-state index in [0.29, 0.717) is 0 Å². The zero-order chi connectivity index (χ0) is 14.6. The van der Waals surface area contributed by atoms with Crippen LogP contribution in [-0.2, 0) is 14.8 Å². The zero-order valence-corrected chi connectivity index (χ0v) is 12.1. The van der Waals surface area contributed by atoms with Gasteiger partial charge in [0, 0.05) is 26.1 Å². The number of methoxy groups -OCH3 is 1. The molecule has 19 heavy (non-hydrogen) atoms. The van der Waals surface area contributed by atoms with E-state index in [-0.39, 0.29) is 22.9 Å². The Morgan fingerprint density at radius 2 is 2.21 bits per heavy atom. The van der Waals surface area contributed by atoms with E-state index in [1.165, 1.54) is 19.5 Å². The summed E-state index contributed by atoms with van der Waals surface area (Å²) in [5.41, 5.74) is 0. The van der Waals surface area contributed by atoms with Crippen LogP contribution >= 0.6 is 11.3 Å². The Hall–Kier alpha value is -1.00. The van der Waals surface area contributed by atoms with Crippen LogP contribution in [0.5, 0.6) is 0 Å². The molecule has 1 heterocycles. The van der Waals surface area contributed by atoms with Crippen molar-refractivity contribution in [1.82, 2.24) is 4.31 Å². The van der Waals surface area contributed by atoms with Crippen LogP contribution in [0.4, 0.5) is 0 Å². The molecule has 1 rings (SSSR count). The average molecular weight is 309 g/mol. The maximum absolute atomic E-state index is 12.1. The third-order valence-electron chi connectivity index (χ3n) is 2.32. The van der Waals surface area contributed by atoms with Gasteiger partial charge in [-0.2, -0.15) is 4.31 Å². The molecule has 9 heteroatoms. The van der Waals surface area contributed by atoms with Crippen LogP contribution < -0.4 is 0 Å². The minimum absolute atomic E-state index is 0.0177. The van der Waals surface area contributed by atoms with Crippen molar-refractivity contribution in [3.05, 3.63) is 16.3 Å². The lowest BCUT2D eigenvalue weighted by Crippen LogP contribution is -2.36. The molecule has 0 aliphatic rings. The third kappa shape index (κ3) is 3.98. The molecule has 0 aliphatic heterocycles. The van der Waals surface area contributed by atoms with Crippen LogP contribution in [0.15, 0.2) is 16.3 Å². The van der Waals surface area contributed by atoms with Crippen LogP contribution in [0.3, 0.4) is 0 Å². The number of ether oxygens (including phenoxy) is 1. The monoisotopic (exact) mass is 309 g/mol. The van der Waals surface area contributed by atoms with Gasteiger partial charge in [0.25, 0.3) is 0 Å². The first-order valence-electron chi connectivity index (χ1n) is 5.24. The lowest BCUT2D eigenvalue weighted by atomic mass is 10.4. The molecule has 0 aliphatic carbocycles. The van der Waals surface area contributed by atoms with E-state index in [2.05, 4.69) is 0 Å². The highest BCUT2D eigenvalue weighted by molar-refractivity contribution is 7.89. The zero-order valence-electron chi connectivity index (χ0n) is 10.4. The molecule has 0 radical (unpaired) electrons. The van der Waals surface area contributed by atoms with Crippen molar-refractivity contribution in [2.75, 3.05) is 27.3 Å². The van der Waals surface area contributed by atoms with Crippen molar-refractivity contribution in [2.45, 2.75) is 11.0 Å². The van der Waals surface area contributed by atoms with Crippen LogP contribution in [0.1, 0.15) is 9.67 Å². The van der Waals surface area contributed by atoms with E-state index in [1.54, 1.807) is 0 Å². The number of aliphatic hydroxyl groups is 1. The Balaban J connectivity index is 2.87. The third-order valence-corrected chi connectivity index (χ3v) is 5.19. The summed E-state index contributed by atoms with van der Waals surface area (Å²) < 4.78 is 29.9. The van der Waals surface area contributed by atoms with Crippen molar-refractivity contribution in [1.29, 1.82) is 0 Å². The van der Waals surface area contributed by atoms with Crippen LogP contribution in [-0.4, -0.2) is 62.3 Å². The van der Waals surface area contributed by atoms with Crippen molar-refractivity contribution >= 4 is 27.3 Å². The molecule has 1 aromatic heterocycles. The fourth-order valence-corrected chi connectivity index (χ4v) is 3.69. The summed E-state index contributed by atoms with van der Waals surface area (Å²) >= 11 is 0.839. The predicted molar refractivity (Wildman–Crippen MR) is 69.0 cm³/mol. The highest BCUT2D eigenvalue weighted by Gasteiger charge is 2.25. The van der Waals surface area contributed by atoms with Gasteiger partial charge >= 0.3 is 5.97 Å². The van der Waals surface area contributed by atoms with Crippen molar-refractivity contribution in [2.24, 2.45) is 0 Å². The SMILES string of the molecule is COCC(O)CN(C)S(=O)(=O)c1csc(C(=O)O)c1. The molecule has 0 saturated carbocycles. The molecular weight excluding hydrogens is 294 g/mol. The summed E-state index contributed by atoms with van der Waals surface area (Å²) in [7, 11) is -1.09. The number of hydrogen-bond acceptors (Lipinski definition) is 6. The summed E-state index contributed by atoms with van der Waals surface area (Å²) in [6.07, 6.45) is -0.942. The Morgan fingerprint density at radius 1 is 1.58 bits per heavy atom. The van der Waals surface area contributed by atoms with E-state index >= 15 is 0 Å².